The van der Waals surface area contributed by atoms with Crippen LogP contribution in [-0.2, 0) is 22.4 Å². The number of carbonyl (C=O) groups is 3. The first-order valence-electron chi connectivity index (χ1n) is 16.0. The van der Waals surface area contributed by atoms with Crippen LogP contribution < -0.4 is 26.7 Å². The van der Waals surface area contributed by atoms with Gasteiger partial charge >= 0.3 is 12.1 Å². The number of urea groups is 1. The van der Waals surface area contributed by atoms with Gasteiger partial charge in [-0.3, -0.25) is 4.79 Å². The molecule has 0 saturated carbocycles. The van der Waals surface area contributed by atoms with E-state index in [1.54, 1.807) is 11.0 Å². The summed E-state index contributed by atoms with van der Waals surface area (Å²) >= 11 is 0. The molecule has 3 aliphatic heterocycles. The number of rotatable bonds is 10. The fourth-order valence-corrected chi connectivity index (χ4v) is 6.43. The summed E-state index contributed by atoms with van der Waals surface area (Å²) in [4.78, 5) is 43.3. The number of nitrogens with zero attached hydrogens (tertiary/aromatic N) is 2. The largest absolute Gasteiger partial charge is 0.436 e. The van der Waals surface area contributed by atoms with E-state index in [1.807, 2.05) is 55.2 Å². The van der Waals surface area contributed by atoms with Gasteiger partial charge < -0.3 is 35.8 Å². The Morgan fingerprint density at radius 1 is 1.07 bits per heavy atom. The van der Waals surface area contributed by atoms with Crippen molar-refractivity contribution in [2.45, 2.75) is 56.7 Å². The van der Waals surface area contributed by atoms with E-state index in [0.717, 1.165) is 60.2 Å². The number of para-hydroxylation sites is 1. The highest BCUT2D eigenvalue weighted by molar-refractivity contribution is 6.32. The second-order valence-corrected chi connectivity index (χ2v) is 12.1. The van der Waals surface area contributed by atoms with E-state index in [-0.39, 0.29) is 24.4 Å². The lowest BCUT2D eigenvalue weighted by atomic mass is 9.90. The number of hydrogen-bond donors (Lipinski definition) is 4. The van der Waals surface area contributed by atoms with E-state index < -0.39 is 12.2 Å². The van der Waals surface area contributed by atoms with Gasteiger partial charge in [0.05, 0.1) is 0 Å². The lowest BCUT2D eigenvalue weighted by Crippen LogP contribution is -2.51. The highest BCUT2D eigenvalue weighted by Gasteiger charge is 2.33. The lowest BCUT2D eigenvalue weighted by molar-refractivity contribution is -0.130. The number of ether oxygens (including phenoxy) is 1. The Bertz CT molecular complexity index is 1330. The highest BCUT2D eigenvalue weighted by atomic mass is 16.6. The zero-order valence-corrected chi connectivity index (χ0v) is 25.8. The van der Waals surface area contributed by atoms with Crippen LogP contribution in [0.15, 0.2) is 49.0 Å². The molecule has 5 rings (SSSR count). The Hall–Kier alpha value is -3.83. The number of piperidine rings is 2. The predicted octanol–water partition coefficient (Wildman–Crippen LogP) is 1.65. The van der Waals surface area contributed by atoms with E-state index >= 15 is 0 Å². The van der Waals surface area contributed by atoms with Crippen molar-refractivity contribution in [3.05, 3.63) is 65.7 Å². The third-order valence-electron chi connectivity index (χ3n) is 8.85. The molecule has 10 nitrogen and oxygen atoms in total. The highest BCUT2D eigenvalue weighted by Crippen LogP contribution is 2.25. The standard InChI is InChI=1S/C33H45BN6O4/c1-2-23-19-24(21-26(34)20-23)22-30(31(41)37-15-14-36-27-7-12-35-13-8-27)44-33(43)39-16-10-28(11-17-39)40-18-9-25-5-3-4-6-29(25)38-32(40)42/h2-6,19-21,27-28,30,35-36H,1,7-18,22,34H2,(H,37,41)(H,38,42)/t30-/m1/s1. The molecule has 4 amide bonds. The summed E-state index contributed by atoms with van der Waals surface area (Å²) < 4.78 is 5.91. The average molecular weight is 601 g/mol. The van der Waals surface area contributed by atoms with Crippen LogP contribution in [0.2, 0.25) is 0 Å². The minimum absolute atomic E-state index is 0.0320. The topological polar surface area (TPSA) is 115 Å². The van der Waals surface area contributed by atoms with Crippen LogP contribution in [0.3, 0.4) is 0 Å². The van der Waals surface area contributed by atoms with Crippen molar-refractivity contribution in [2.75, 3.05) is 51.1 Å². The van der Waals surface area contributed by atoms with Gasteiger partial charge in [-0.1, -0.05) is 54.5 Å². The molecule has 3 heterocycles. The van der Waals surface area contributed by atoms with Gasteiger partial charge in [0.15, 0.2) is 6.10 Å². The Kier molecular flexibility index (Phi) is 11.0. The van der Waals surface area contributed by atoms with E-state index in [4.69, 9.17) is 4.74 Å². The smallest absolute Gasteiger partial charge is 0.410 e. The lowest BCUT2D eigenvalue weighted by Gasteiger charge is -2.37. The summed E-state index contributed by atoms with van der Waals surface area (Å²) in [6.45, 7) is 8.54. The van der Waals surface area contributed by atoms with Crippen LogP contribution in [0.5, 0.6) is 0 Å². The number of fused-ring (bicyclic) bond motifs is 1. The van der Waals surface area contributed by atoms with Crippen molar-refractivity contribution >= 4 is 43.1 Å². The fraction of sp³-hybridized carbons (Fsp3) is 0.485. The summed E-state index contributed by atoms with van der Waals surface area (Å²) in [6.07, 6.45) is 4.81. The van der Waals surface area contributed by atoms with Crippen molar-refractivity contribution in [2.24, 2.45) is 0 Å². The fourth-order valence-electron chi connectivity index (χ4n) is 6.43. The minimum Gasteiger partial charge on any atom is -0.436 e. The molecule has 2 saturated heterocycles. The minimum atomic E-state index is -0.964. The third-order valence-corrected chi connectivity index (χ3v) is 8.85. The Morgan fingerprint density at radius 3 is 2.61 bits per heavy atom. The molecule has 0 spiro atoms. The molecule has 0 radical (unpaired) electrons. The number of likely N-dealkylation sites (tertiary alicyclic amines) is 1. The molecular weight excluding hydrogens is 555 g/mol. The molecule has 4 N–H and O–H groups in total. The number of carbonyl (C=O) groups excluding carboxylic acids is 3. The first-order chi connectivity index (χ1) is 21.4. The van der Waals surface area contributed by atoms with E-state index in [2.05, 4.69) is 27.8 Å². The van der Waals surface area contributed by atoms with E-state index in [9.17, 15) is 14.4 Å². The van der Waals surface area contributed by atoms with Gasteiger partial charge in [0.25, 0.3) is 5.91 Å². The number of amides is 4. The Balaban J connectivity index is 1.17. The van der Waals surface area contributed by atoms with E-state index in [1.165, 1.54) is 0 Å². The van der Waals surface area contributed by atoms with Gasteiger partial charge in [-0.15, -0.1) is 0 Å². The van der Waals surface area contributed by atoms with Gasteiger partial charge in [0.1, 0.15) is 7.85 Å². The molecule has 1 atom stereocenters. The normalized spacial score (nSPS) is 18.5. The van der Waals surface area contributed by atoms with Crippen LogP contribution in [0.4, 0.5) is 15.3 Å². The van der Waals surface area contributed by atoms with Gasteiger partial charge in [-0.2, -0.15) is 0 Å². The van der Waals surface area contributed by atoms with Crippen LogP contribution in [-0.4, -0.2) is 99.7 Å². The molecule has 2 aromatic carbocycles. The maximum absolute atomic E-state index is 13.4. The summed E-state index contributed by atoms with van der Waals surface area (Å²) in [7, 11) is 2.00. The molecule has 3 aliphatic rings. The quantitative estimate of drug-likeness (QED) is 0.244. The summed E-state index contributed by atoms with van der Waals surface area (Å²) in [5.74, 6) is -0.303. The molecule has 11 heteroatoms. The molecule has 2 fully saturated rings. The van der Waals surface area contributed by atoms with Crippen molar-refractivity contribution in [3.8, 4) is 0 Å². The van der Waals surface area contributed by atoms with Gasteiger partial charge in [-0.25, -0.2) is 9.59 Å². The maximum Gasteiger partial charge on any atom is 0.410 e. The monoisotopic (exact) mass is 600 g/mol. The molecule has 0 bridgehead atoms. The van der Waals surface area contributed by atoms with Gasteiger partial charge in [-0.05, 0) is 68.0 Å². The molecule has 44 heavy (non-hydrogen) atoms. The van der Waals surface area contributed by atoms with Crippen LogP contribution in [0.25, 0.3) is 6.08 Å². The van der Waals surface area contributed by atoms with Gasteiger partial charge in [0, 0.05) is 56.9 Å². The third kappa shape index (κ3) is 8.42. The number of nitrogens with one attached hydrogen (secondary N) is 4. The van der Waals surface area contributed by atoms with Crippen LogP contribution in [0.1, 0.15) is 42.4 Å². The second-order valence-electron chi connectivity index (χ2n) is 12.1. The molecular formula is C33H45BN6O4. The molecule has 0 aliphatic carbocycles. The molecule has 0 aromatic heterocycles. The maximum atomic E-state index is 13.4. The zero-order chi connectivity index (χ0) is 30.9. The van der Waals surface area contributed by atoms with Crippen molar-refractivity contribution in [1.29, 1.82) is 0 Å². The first-order valence-corrected chi connectivity index (χ1v) is 16.0. The predicted molar refractivity (Wildman–Crippen MR) is 176 cm³/mol. The molecule has 2 aromatic rings. The van der Waals surface area contributed by atoms with Crippen molar-refractivity contribution < 1.29 is 19.1 Å². The van der Waals surface area contributed by atoms with Crippen LogP contribution >= 0.6 is 0 Å². The zero-order valence-electron chi connectivity index (χ0n) is 25.8. The summed E-state index contributed by atoms with van der Waals surface area (Å²) in [5, 5.41) is 12.9. The summed E-state index contributed by atoms with van der Waals surface area (Å²) in [6, 6.07) is 14.3. The van der Waals surface area contributed by atoms with E-state index in [0.29, 0.717) is 51.6 Å². The van der Waals surface area contributed by atoms with Crippen molar-refractivity contribution in [1.82, 2.24) is 25.8 Å². The number of hydrogen-bond acceptors (Lipinski definition) is 6. The number of anilines is 1. The Labute approximate surface area is 261 Å². The summed E-state index contributed by atoms with van der Waals surface area (Å²) in [5.41, 5.74) is 4.91. The van der Waals surface area contributed by atoms with Crippen LogP contribution in [0, 0.1) is 0 Å². The first kappa shape index (κ1) is 31.6. The number of benzene rings is 2. The SMILES string of the molecule is Bc1cc(C=C)cc(C[C@@H](OC(=O)N2CCC(N3CCc4ccccc4NC3=O)CC2)C(=O)NCCNC2CCNCC2)c1. The second kappa shape index (κ2) is 15.3. The van der Waals surface area contributed by atoms with Gasteiger partial charge in [0.2, 0.25) is 0 Å². The Morgan fingerprint density at radius 2 is 1.84 bits per heavy atom. The van der Waals surface area contributed by atoms with Crippen molar-refractivity contribution in [3.63, 3.8) is 0 Å². The average Bonchev–Trinajstić information content (AvgIpc) is 3.21. The molecule has 234 valence electrons. The molecule has 0 unspecified atom stereocenters.